The predicted octanol–water partition coefficient (Wildman–Crippen LogP) is 1.53. The molecule has 1 aromatic carbocycles. The van der Waals surface area contributed by atoms with Crippen molar-refractivity contribution in [1.82, 2.24) is 5.32 Å². The Hall–Kier alpha value is -1.88. The summed E-state index contributed by atoms with van der Waals surface area (Å²) in [5.41, 5.74) is 0.413. The minimum Gasteiger partial charge on any atom is -0.507 e. The van der Waals surface area contributed by atoms with E-state index in [0.29, 0.717) is 12.1 Å². The van der Waals surface area contributed by atoms with Crippen molar-refractivity contribution in [2.24, 2.45) is 0 Å². The van der Waals surface area contributed by atoms with E-state index in [9.17, 15) is 15.2 Å². The van der Waals surface area contributed by atoms with E-state index in [1.807, 2.05) is 0 Å². The lowest BCUT2D eigenvalue weighted by atomic mass is 10.1. The summed E-state index contributed by atoms with van der Waals surface area (Å²) < 4.78 is 0. The molecule has 0 aliphatic carbocycles. The number of rotatable bonds is 4. The standard InChI is InChI=1S/C10H12N2O3/c1-11-6-2-3-8-7-9(12(14)15)4-5-10(8)13/h2-5,7,11,13H,6H2,1H3. The van der Waals surface area contributed by atoms with Crippen molar-refractivity contribution in [3.05, 3.63) is 40.0 Å². The molecule has 15 heavy (non-hydrogen) atoms. The second-order valence-electron chi connectivity index (χ2n) is 2.96. The van der Waals surface area contributed by atoms with Crippen molar-refractivity contribution in [2.75, 3.05) is 13.6 Å². The van der Waals surface area contributed by atoms with Gasteiger partial charge in [0.05, 0.1) is 4.92 Å². The number of nitrogens with one attached hydrogen (secondary N) is 1. The van der Waals surface area contributed by atoms with Crippen LogP contribution in [0.15, 0.2) is 24.3 Å². The highest BCUT2D eigenvalue weighted by Crippen LogP contribution is 2.23. The molecular formula is C10H12N2O3. The zero-order valence-corrected chi connectivity index (χ0v) is 8.30. The maximum Gasteiger partial charge on any atom is 0.270 e. The molecule has 1 rings (SSSR count). The molecule has 1 aromatic rings. The van der Waals surface area contributed by atoms with Gasteiger partial charge in [0.1, 0.15) is 5.75 Å². The van der Waals surface area contributed by atoms with E-state index >= 15 is 0 Å². The first-order valence-electron chi connectivity index (χ1n) is 4.43. The number of non-ortho nitro benzene ring substituents is 1. The zero-order valence-electron chi connectivity index (χ0n) is 8.30. The van der Waals surface area contributed by atoms with Crippen LogP contribution in [0.5, 0.6) is 5.75 Å². The van der Waals surface area contributed by atoms with Gasteiger partial charge in [-0.3, -0.25) is 10.1 Å². The average molecular weight is 208 g/mol. The Morgan fingerprint density at radius 1 is 1.60 bits per heavy atom. The van der Waals surface area contributed by atoms with Crippen LogP contribution in [0, 0.1) is 10.1 Å². The third-order valence-electron chi connectivity index (χ3n) is 1.84. The van der Waals surface area contributed by atoms with Crippen LogP contribution in [-0.2, 0) is 0 Å². The Morgan fingerprint density at radius 3 is 2.93 bits per heavy atom. The quantitative estimate of drug-likeness (QED) is 0.581. The molecule has 0 amide bonds. The number of phenolic OH excluding ortho intramolecular Hbond substituents is 1. The fourth-order valence-corrected chi connectivity index (χ4v) is 1.09. The molecular weight excluding hydrogens is 196 g/mol. The van der Waals surface area contributed by atoms with Crippen molar-refractivity contribution >= 4 is 11.8 Å². The smallest absolute Gasteiger partial charge is 0.270 e. The van der Waals surface area contributed by atoms with E-state index < -0.39 is 4.92 Å². The number of phenols is 1. The van der Waals surface area contributed by atoms with Gasteiger partial charge in [0.15, 0.2) is 0 Å². The third-order valence-corrected chi connectivity index (χ3v) is 1.84. The lowest BCUT2D eigenvalue weighted by Crippen LogP contribution is -2.03. The van der Waals surface area contributed by atoms with Crippen molar-refractivity contribution in [2.45, 2.75) is 0 Å². The van der Waals surface area contributed by atoms with E-state index in [4.69, 9.17) is 0 Å². The molecule has 0 atom stereocenters. The molecule has 5 nitrogen and oxygen atoms in total. The topological polar surface area (TPSA) is 75.4 Å². The third kappa shape index (κ3) is 3.07. The minimum atomic E-state index is -0.491. The first-order chi connectivity index (χ1) is 7.15. The van der Waals surface area contributed by atoms with Gasteiger partial charge >= 0.3 is 0 Å². The lowest BCUT2D eigenvalue weighted by molar-refractivity contribution is -0.384. The number of nitrogens with zero attached hydrogens (tertiary/aromatic N) is 1. The molecule has 0 bridgehead atoms. The molecule has 0 unspecified atom stereocenters. The molecule has 0 saturated heterocycles. The van der Waals surface area contributed by atoms with Crippen LogP contribution < -0.4 is 5.32 Å². The molecule has 80 valence electrons. The number of aromatic hydroxyl groups is 1. The molecule has 0 aromatic heterocycles. The van der Waals surface area contributed by atoms with Crippen LogP contribution in [0.4, 0.5) is 5.69 Å². The second kappa shape index (κ2) is 5.11. The summed E-state index contributed by atoms with van der Waals surface area (Å²) in [6.07, 6.45) is 3.41. The number of nitro benzene ring substituents is 1. The van der Waals surface area contributed by atoms with Gasteiger partial charge in [0.2, 0.25) is 0 Å². The van der Waals surface area contributed by atoms with Gasteiger partial charge in [0.25, 0.3) is 5.69 Å². The van der Waals surface area contributed by atoms with Gasteiger partial charge in [-0.15, -0.1) is 0 Å². The Kier molecular flexibility index (Phi) is 3.82. The number of nitro groups is 1. The monoisotopic (exact) mass is 208 g/mol. The first kappa shape index (κ1) is 11.2. The molecule has 0 saturated carbocycles. The highest BCUT2D eigenvalue weighted by Gasteiger charge is 2.07. The maximum atomic E-state index is 10.5. The first-order valence-corrected chi connectivity index (χ1v) is 4.43. The van der Waals surface area contributed by atoms with E-state index in [-0.39, 0.29) is 11.4 Å². The maximum absolute atomic E-state index is 10.5. The molecule has 2 N–H and O–H groups in total. The van der Waals surface area contributed by atoms with Gasteiger partial charge in [-0.2, -0.15) is 0 Å². The van der Waals surface area contributed by atoms with Crippen LogP contribution in [0.2, 0.25) is 0 Å². The summed E-state index contributed by atoms with van der Waals surface area (Å²) in [6, 6.07) is 3.92. The Morgan fingerprint density at radius 2 is 2.33 bits per heavy atom. The zero-order chi connectivity index (χ0) is 11.3. The van der Waals surface area contributed by atoms with Crippen molar-refractivity contribution in [3.63, 3.8) is 0 Å². The molecule has 0 fully saturated rings. The summed E-state index contributed by atoms with van der Waals surface area (Å²) in [7, 11) is 1.79. The van der Waals surface area contributed by atoms with Gasteiger partial charge in [0, 0.05) is 24.2 Å². The molecule has 0 spiro atoms. The Balaban J connectivity index is 2.95. The summed E-state index contributed by atoms with van der Waals surface area (Å²) in [4.78, 5) is 9.99. The number of likely N-dealkylation sites (N-methyl/N-ethyl adjacent to an activating group) is 1. The highest BCUT2D eigenvalue weighted by atomic mass is 16.6. The largest absolute Gasteiger partial charge is 0.507 e. The van der Waals surface area contributed by atoms with Gasteiger partial charge in [-0.25, -0.2) is 0 Å². The van der Waals surface area contributed by atoms with Gasteiger partial charge in [-0.05, 0) is 13.1 Å². The molecule has 0 radical (unpaired) electrons. The fourth-order valence-electron chi connectivity index (χ4n) is 1.09. The lowest BCUT2D eigenvalue weighted by Gasteiger charge is -1.98. The molecule has 0 aliphatic heterocycles. The average Bonchev–Trinajstić information content (AvgIpc) is 2.20. The van der Waals surface area contributed by atoms with E-state index in [1.165, 1.54) is 18.2 Å². The number of benzene rings is 1. The predicted molar refractivity (Wildman–Crippen MR) is 57.7 cm³/mol. The SMILES string of the molecule is CNCC=Cc1cc([N+](=O)[O-])ccc1O. The summed E-state index contributed by atoms with van der Waals surface area (Å²) in [5.74, 6) is 0.0351. The van der Waals surface area contributed by atoms with Gasteiger partial charge < -0.3 is 10.4 Å². The molecule has 0 aliphatic rings. The van der Waals surface area contributed by atoms with Crippen molar-refractivity contribution in [3.8, 4) is 5.75 Å². The summed E-state index contributed by atoms with van der Waals surface area (Å²) in [5, 5.41) is 22.8. The van der Waals surface area contributed by atoms with Gasteiger partial charge in [-0.1, -0.05) is 12.2 Å². The Bertz CT molecular complexity index is 388. The normalized spacial score (nSPS) is 10.7. The van der Waals surface area contributed by atoms with Crippen molar-refractivity contribution < 1.29 is 10.0 Å². The summed E-state index contributed by atoms with van der Waals surface area (Å²) in [6.45, 7) is 0.641. The second-order valence-corrected chi connectivity index (χ2v) is 2.96. The van der Waals surface area contributed by atoms with Crippen LogP contribution in [-0.4, -0.2) is 23.6 Å². The van der Waals surface area contributed by atoms with Crippen LogP contribution >= 0.6 is 0 Å². The molecule has 0 heterocycles. The van der Waals surface area contributed by atoms with Crippen LogP contribution in [0.25, 0.3) is 6.08 Å². The highest BCUT2D eigenvalue weighted by molar-refractivity contribution is 5.60. The molecule has 5 heteroatoms. The number of hydrogen-bond acceptors (Lipinski definition) is 4. The minimum absolute atomic E-state index is 0.0306. The van der Waals surface area contributed by atoms with Crippen LogP contribution in [0.1, 0.15) is 5.56 Å². The Labute approximate surface area is 87.2 Å². The number of hydrogen-bond donors (Lipinski definition) is 2. The summed E-state index contributed by atoms with van der Waals surface area (Å²) >= 11 is 0. The van der Waals surface area contributed by atoms with E-state index in [0.717, 1.165) is 0 Å². The van der Waals surface area contributed by atoms with Crippen molar-refractivity contribution in [1.29, 1.82) is 0 Å². The van der Waals surface area contributed by atoms with Crippen LogP contribution in [0.3, 0.4) is 0 Å². The van der Waals surface area contributed by atoms with E-state index in [2.05, 4.69) is 5.32 Å². The van der Waals surface area contributed by atoms with E-state index in [1.54, 1.807) is 19.2 Å². The fraction of sp³-hybridized carbons (Fsp3) is 0.200.